The summed E-state index contributed by atoms with van der Waals surface area (Å²) in [4.78, 5) is 4.36. The lowest BCUT2D eigenvalue weighted by Crippen LogP contribution is -2.39. The van der Waals surface area contributed by atoms with E-state index in [0.29, 0.717) is 24.9 Å². The van der Waals surface area contributed by atoms with Crippen LogP contribution < -0.4 is 5.73 Å². The maximum Gasteiger partial charge on any atom is 0.227 e. The zero-order chi connectivity index (χ0) is 13.8. The molecule has 2 N–H and O–H groups in total. The van der Waals surface area contributed by atoms with Crippen molar-refractivity contribution in [1.29, 1.82) is 0 Å². The summed E-state index contributed by atoms with van der Waals surface area (Å²) in [6, 6.07) is 0. The summed E-state index contributed by atoms with van der Waals surface area (Å²) >= 11 is 0. The molecule has 1 atom stereocenters. The minimum absolute atomic E-state index is 0.119. The van der Waals surface area contributed by atoms with E-state index >= 15 is 0 Å². The lowest BCUT2D eigenvalue weighted by atomic mass is 9.92. The third kappa shape index (κ3) is 4.74. The number of aromatic nitrogens is 2. The Labute approximate surface area is 109 Å². The fraction of sp³-hybridized carbons (Fsp3) is 0.846. The van der Waals surface area contributed by atoms with Crippen LogP contribution in [0.3, 0.4) is 0 Å². The topological polar surface area (TPSA) is 74.2 Å². The molecule has 0 aliphatic rings. The van der Waals surface area contributed by atoms with Crippen LogP contribution in [0, 0.1) is 5.41 Å². The van der Waals surface area contributed by atoms with Gasteiger partial charge in [0.15, 0.2) is 5.82 Å². The van der Waals surface area contributed by atoms with Crippen molar-refractivity contribution < 1.29 is 9.26 Å². The molecule has 0 fully saturated rings. The Bertz CT molecular complexity index is 367. The number of hydrogen-bond donors (Lipinski definition) is 1. The molecule has 104 valence electrons. The Morgan fingerprint density at radius 2 is 1.94 bits per heavy atom. The molecule has 18 heavy (non-hydrogen) atoms. The lowest BCUT2D eigenvalue weighted by Gasteiger charge is -2.20. The van der Waals surface area contributed by atoms with Crippen LogP contribution in [0.4, 0.5) is 0 Å². The van der Waals surface area contributed by atoms with Gasteiger partial charge in [-0.1, -0.05) is 32.9 Å². The van der Waals surface area contributed by atoms with Gasteiger partial charge in [0.2, 0.25) is 5.89 Å². The molecule has 0 bridgehead atoms. The van der Waals surface area contributed by atoms with Gasteiger partial charge in [-0.25, -0.2) is 0 Å². The minimum atomic E-state index is -0.700. The van der Waals surface area contributed by atoms with Crippen molar-refractivity contribution in [2.75, 3.05) is 13.2 Å². The standard InChI is InChI=1S/C13H25N3O2/c1-6-7-17-9-13(5,14)11-15-10(18-16-11)8-12(2,3)4/h6-9,14H2,1-5H3. The molecule has 1 aromatic heterocycles. The third-order valence-electron chi connectivity index (χ3n) is 2.41. The maximum atomic E-state index is 6.15. The molecule has 0 saturated heterocycles. The first-order chi connectivity index (χ1) is 8.24. The fourth-order valence-corrected chi connectivity index (χ4v) is 1.51. The predicted octanol–water partition coefficient (Wildman–Crippen LogP) is 2.26. The molecule has 0 spiro atoms. The van der Waals surface area contributed by atoms with E-state index in [0.717, 1.165) is 12.8 Å². The predicted molar refractivity (Wildman–Crippen MR) is 70.1 cm³/mol. The van der Waals surface area contributed by atoms with E-state index in [1.165, 1.54) is 0 Å². The van der Waals surface area contributed by atoms with Gasteiger partial charge in [-0.3, -0.25) is 0 Å². The normalized spacial score (nSPS) is 15.7. The largest absolute Gasteiger partial charge is 0.379 e. The molecule has 0 aliphatic carbocycles. The number of ether oxygens (including phenoxy) is 1. The van der Waals surface area contributed by atoms with Gasteiger partial charge in [0, 0.05) is 13.0 Å². The van der Waals surface area contributed by atoms with Gasteiger partial charge in [0.25, 0.3) is 0 Å². The first-order valence-corrected chi connectivity index (χ1v) is 6.44. The van der Waals surface area contributed by atoms with Gasteiger partial charge in [-0.2, -0.15) is 4.98 Å². The molecule has 0 aromatic carbocycles. The minimum Gasteiger partial charge on any atom is -0.379 e. The average molecular weight is 255 g/mol. The number of rotatable bonds is 6. The molecule has 0 saturated carbocycles. The van der Waals surface area contributed by atoms with E-state index < -0.39 is 5.54 Å². The maximum absolute atomic E-state index is 6.15. The summed E-state index contributed by atoms with van der Waals surface area (Å²) in [6.07, 6.45) is 1.71. The molecule has 5 heteroatoms. The summed E-state index contributed by atoms with van der Waals surface area (Å²) < 4.78 is 10.7. The molecule has 5 nitrogen and oxygen atoms in total. The van der Waals surface area contributed by atoms with E-state index in [9.17, 15) is 0 Å². The van der Waals surface area contributed by atoms with Crippen molar-refractivity contribution in [2.45, 2.75) is 53.0 Å². The Morgan fingerprint density at radius 1 is 1.28 bits per heavy atom. The van der Waals surface area contributed by atoms with Crippen molar-refractivity contribution in [1.82, 2.24) is 10.1 Å². The molecule has 0 amide bonds. The van der Waals surface area contributed by atoms with E-state index in [1.807, 2.05) is 6.92 Å². The zero-order valence-electron chi connectivity index (χ0n) is 12.1. The van der Waals surface area contributed by atoms with Crippen LogP contribution in [0.15, 0.2) is 4.52 Å². The monoisotopic (exact) mass is 255 g/mol. The van der Waals surface area contributed by atoms with Crippen LogP contribution in [0.2, 0.25) is 0 Å². The highest BCUT2D eigenvalue weighted by Gasteiger charge is 2.28. The summed E-state index contributed by atoms with van der Waals surface area (Å²) in [7, 11) is 0. The van der Waals surface area contributed by atoms with Crippen molar-refractivity contribution in [3.63, 3.8) is 0 Å². The molecule has 1 heterocycles. The van der Waals surface area contributed by atoms with Crippen LogP contribution in [-0.4, -0.2) is 23.4 Å². The van der Waals surface area contributed by atoms with Crippen LogP contribution in [-0.2, 0) is 16.7 Å². The van der Waals surface area contributed by atoms with Gasteiger partial charge >= 0.3 is 0 Å². The van der Waals surface area contributed by atoms with Crippen LogP contribution in [0.5, 0.6) is 0 Å². The zero-order valence-corrected chi connectivity index (χ0v) is 12.1. The van der Waals surface area contributed by atoms with Gasteiger partial charge in [0.05, 0.1) is 6.61 Å². The molecule has 1 unspecified atom stereocenters. The van der Waals surface area contributed by atoms with Crippen molar-refractivity contribution >= 4 is 0 Å². The first-order valence-electron chi connectivity index (χ1n) is 6.44. The molecular formula is C13H25N3O2. The second-order valence-electron chi connectivity index (χ2n) is 6.22. The Kier molecular flexibility index (Phi) is 4.87. The van der Waals surface area contributed by atoms with Crippen LogP contribution >= 0.6 is 0 Å². The quantitative estimate of drug-likeness (QED) is 0.789. The van der Waals surface area contributed by atoms with Crippen molar-refractivity contribution in [3.8, 4) is 0 Å². The summed E-state index contributed by atoms with van der Waals surface area (Å²) in [5, 5.41) is 3.96. The van der Waals surface area contributed by atoms with E-state index in [-0.39, 0.29) is 5.41 Å². The van der Waals surface area contributed by atoms with Crippen molar-refractivity contribution in [2.24, 2.45) is 11.1 Å². The Balaban J connectivity index is 2.66. The van der Waals surface area contributed by atoms with Gasteiger partial charge in [0.1, 0.15) is 5.54 Å². The smallest absolute Gasteiger partial charge is 0.227 e. The highest BCUT2D eigenvalue weighted by Crippen LogP contribution is 2.21. The highest BCUT2D eigenvalue weighted by atomic mass is 16.5. The lowest BCUT2D eigenvalue weighted by molar-refractivity contribution is 0.0867. The highest BCUT2D eigenvalue weighted by molar-refractivity contribution is 5.02. The van der Waals surface area contributed by atoms with E-state index in [1.54, 1.807) is 0 Å². The van der Waals surface area contributed by atoms with E-state index in [4.69, 9.17) is 15.0 Å². The average Bonchev–Trinajstić information content (AvgIpc) is 2.64. The molecule has 0 aliphatic heterocycles. The number of hydrogen-bond acceptors (Lipinski definition) is 5. The summed E-state index contributed by atoms with van der Waals surface area (Å²) in [6.45, 7) is 11.4. The SMILES string of the molecule is CCCOCC(C)(N)c1noc(CC(C)(C)C)n1. The molecule has 1 rings (SSSR count). The van der Waals surface area contributed by atoms with Gasteiger partial charge in [-0.15, -0.1) is 0 Å². The second-order valence-corrected chi connectivity index (χ2v) is 6.22. The van der Waals surface area contributed by atoms with E-state index in [2.05, 4.69) is 37.8 Å². The fourth-order valence-electron chi connectivity index (χ4n) is 1.51. The third-order valence-corrected chi connectivity index (χ3v) is 2.41. The van der Waals surface area contributed by atoms with Crippen LogP contribution in [0.1, 0.15) is 52.8 Å². The Morgan fingerprint density at radius 3 is 2.50 bits per heavy atom. The van der Waals surface area contributed by atoms with Crippen LogP contribution in [0.25, 0.3) is 0 Å². The number of nitrogens with two attached hydrogens (primary N) is 1. The van der Waals surface area contributed by atoms with Crippen molar-refractivity contribution in [3.05, 3.63) is 11.7 Å². The van der Waals surface area contributed by atoms with Gasteiger partial charge in [-0.05, 0) is 18.8 Å². The first kappa shape index (κ1) is 15.1. The second kappa shape index (κ2) is 5.80. The summed E-state index contributed by atoms with van der Waals surface area (Å²) in [5.74, 6) is 1.14. The molecular weight excluding hydrogens is 230 g/mol. The molecule has 1 aromatic rings. The Hall–Kier alpha value is -0.940. The number of nitrogens with zero attached hydrogens (tertiary/aromatic N) is 2. The summed E-state index contributed by atoms with van der Waals surface area (Å²) in [5.41, 5.74) is 5.56. The van der Waals surface area contributed by atoms with Gasteiger partial charge < -0.3 is 15.0 Å². The molecule has 0 radical (unpaired) electrons.